The Bertz CT molecular complexity index is 452. The lowest BCUT2D eigenvalue weighted by Gasteiger charge is -2.35. The smallest absolute Gasteiger partial charge is 0.225 e. The van der Waals surface area contributed by atoms with Gasteiger partial charge in [0.15, 0.2) is 0 Å². The van der Waals surface area contributed by atoms with E-state index in [1.54, 1.807) is 0 Å². The summed E-state index contributed by atoms with van der Waals surface area (Å²) in [5.41, 5.74) is 1.29. The fraction of sp³-hybridized carbons (Fsp3) is 0.625. The molecule has 21 heavy (non-hydrogen) atoms. The standard InChI is InChI=1S/C16H23N3O2/c20-16(19-9-11-21-12-10-19)15-3-7-18(8-4-15)13-14-1-5-17-6-2-14/h1-2,5-6,15H,3-4,7-13H2. The van der Waals surface area contributed by atoms with Crippen LogP contribution in [0, 0.1) is 5.92 Å². The second kappa shape index (κ2) is 7.00. The van der Waals surface area contributed by atoms with Gasteiger partial charge in [0.1, 0.15) is 0 Å². The number of nitrogens with zero attached hydrogens (tertiary/aromatic N) is 3. The van der Waals surface area contributed by atoms with Crippen LogP contribution in [-0.2, 0) is 16.1 Å². The van der Waals surface area contributed by atoms with E-state index in [0.717, 1.165) is 45.6 Å². The summed E-state index contributed by atoms with van der Waals surface area (Å²) in [5, 5.41) is 0. The molecule has 0 N–H and O–H groups in total. The van der Waals surface area contributed by atoms with Gasteiger partial charge in [0.05, 0.1) is 13.2 Å². The molecule has 5 nitrogen and oxygen atoms in total. The molecular weight excluding hydrogens is 266 g/mol. The molecule has 3 heterocycles. The third kappa shape index (κ3) is 3.80. The number of likely N-dealkylation sites (tertiary alicyclic amines) is 1. The van der Waals surface area contributed by atoms with Gasteiger partial charge in [-0.05, 0) is 43.6 Å². The Hall–Kier alpha value is -1.46. The van der Waals surface area contributed by atoms with Gasteiger partial charge in [-0.15, -0.1) is 0 Å². The minimum atomic E-state index is 0.205. The highest BCUT2D eigenvalue weighted by atomic mass is 16.5. The monoisotopic (exact) mass is 289 g/mol. The number of pyridine rings is 1. The van der Waals surface area contributed by atoms with Gasteiger partial charge in [-0.1, -0.05) is 0 Å². The molecule has 0 spiro atoms. The lowest BCUT2D eigenvalue weighted by Crippen LogP contribution is -2.46. The number of hydrogen-bond donors (Lipinski definition) is 0. The first kappa shape index (κ1) is 14.5. The summed E-state index contributed by atoms with van der Waals surface area (Å²) in [6.07, 6.45) is 5.62. The molecule has 2 aliphatic rings. The molecule has 0 atom stereocenters. The molecule has 1 amide bonds. The molecule has 1 aromatic heterocycles. The summed E-state index contributed by atoms with van der Waals surface area (Å²) in [5.74, 6) is 0.540. The number of piperidine rings is 1. The van der Waals surface area contributed by atoms with Crippen molar-refractivity contribution in [2.24, 2.45) is 5.92 Å². The fourth-order valence-corrected chi connectivity index (χ4v) is 3.13. The molecule has 2 aliphatic heterocycles. The Morgan fingerprint density at radius 2 is 1.81 bits per heavy atom. The van der Waals surface area contributed by atoms with Gasteiger partial charge in [-0.3, -0.25) is 14.7 Å². The number of rotatable bonds is 3. The predicted octanol–water partition coefficient (Wildman–Crippen LogP) is 1.15. The molecule has 2 saturated heterocycles. The van der Waals surface area contributed by atoms with Crippen LogP contribution in [0.2, 0.25) is 0 Å². The Kier molecular flexibility index (Phi) is 4.83. The van der Waals surface area contributed by atoms with E-state index >= 15 is 0 Å². The topological polar surface area (TPSA) is 45.7 Å². The average molecular weight is 289 g/mol. The highest BCUT2D eigenvalue weighted by Gasteiger charge is 2.29. The molecular formula is C16H23N3O2. The number of morpholine rings is 1. The highest BCUT2D eigenvalue weighted by Crippen LogP contribution is 2.21. The number of carbonyl (C=O) groups is 1. The molecule has 5 heteroatoms. The van der Waals surface area contributed by atoms with Crippen molar-refractivity contribution in [2.45, 2.75) is 19.4 Å². The van der Waals surface area contributed by atoms with Crippen molar-refractivity contribution >= 4 is 5.91 Å². The summed E-state index contributed by atoms with van der Waals surface area (Å²) >= 11 is 0. The van der Waals surface area contributed by atoms with Crippen LogP contribution in [0.5, 0.6) is 0 Å². The summed E-state index contributed by atoms with van der Waals surface area (Å²) in [6, 6.07) is 4.12. The molecule has 1 aromatic rings. The van der Waals surface area contributed by atoms with E-state index in [2.05, 4.69) is 22.0 Å². The van der Waals surface area contributed by atoms with E-state index in [9.17, 15) is 4.79 Å². The lowest BCUT2D eigenvalue weighted by atomic mass is 9.95. The second-order valence-electron chi connectivity index (χ2n) is 5.84. The van der Waals surface area contributed by atoms with Crippen LogP contribution in [0.1, 0.15) is 18.4 Å². The molecule has 0 aliphatic carbocycles. The number of ether oxygens (including phenoxy) is 1. The van der Waals surface area contributed by atoms with Crippen molar-refractivity contribution in [1.29, 1.82) is 0 Å². The number of amides is 1. The fourth-order valence-electron chi connectivity index (χ4n) is 3.13. The van der Waals surface area contributed by atoms with Crippen LogP contribution in [0.15, 0.2) is 24.5 Å². The van der Waals surface area contributed by atoms with Crippen molar-refractivity contribution in [3.05, 3.63) is 30.1 Å². The second-order valence-corrected chi connectivity index (χ2v) is 5.84. The maximum atomic E-state index is 12.5. The summed E-state index contributed by atoms with van der Waals surface area (Å²) in [4.78, 5) is 20.9. The summed E-state index contributed by atoms with van der Waals surface area (Å²) in [6.45, 7) is 5.86. The van der Waals surface area contributed by atoms with Crippen molar-refractivity contribution in [3.8, 4) is 0 Å². The van der Waals surface area contributed by atoms with E-state index in [1.807, 2.05) is 17.3 Å². The van der Waals surface area contributed by atoms with Gasteiger partial charge in [-0.2, -0.15) is 0 Å². The van der Waals surface area contributed by atoms with E-state index in [-0.39, 0.29) is 5.92 Å². The van der Waals surface area contributed by atoms with Crippen LogP contribution in [0.3, 0.4) is 0 Å². The molecule has 114 valence electrons. The van der Waals surface area contributed by atoms with Crippen molar-refractivity contribution in [3.63, 3.8) is 0 Å². The van der Waals surface area contributed by atoms with Crippen molar-refractivity contribution < 1.29 is 9.53 Å². The van der Waals surface area contributed by atoms with Crippen molar-refractivity contribution in [1.82, 2.24) is 14.8 Å². The van der Waals surface area contributed by atoms with Crippen LogP contribution < -0.4 is 0 Å². The minimum Gasteiger partial charge on any atom is -0.378 e. The van der Waals surface area contributed by atoms with E-state index < -0.39 is 0 Å². The Morgan fingerprint density at radius 3 is 2.48 bits per heavy atom. The molecule has 2 fully saturated rings. The van der Waals surface area contributed by atoms with Crippen LogP contribution in [0.25, 0.3) is 0 Å². The van der Waals surface area contributed by atoms with Crippen LogP contribution >= 0.6 is 0 Å². The molecule has 3 rings (SSSR count). The van der Waals surface area contributed by atoms with Crippen LogP contribution in [-0.4, -0.2) is 60.1 Å². The summed E-state index contributed by atoms with van der Waals surface area (Å²) in [7, 11) is 0. The Labute approximate surface area is 125 Å². The SMILES string of the molecule is O=C(C1CCN(Cc2ccncc2)CC1)N1CCOCC1. The maximum Gasteiger partial charge on any atom is 0.225 e. The van der Waals surface area contributed by atoms with Crippen molar-refractivity contribution in [2.75, 3.05) is 39.4 Å². The molecule has 0 radical (unpaired) electrons. The van der Waals surface area contributed by atoms with E-state index in [1.165, 1.54) is 5.56 Å². The van der Waals surface area contributed by atoms with Gasteiger partial charge in [0.2, 0.25) is 5.91 Å². The summed E-state index contributed by atoms with van der Waals surface area (Å²) < 4.78 is 5.31. The predicted molar refractivity (Wildman–Crippen MR) is 79.6 cm³/mol. The Balaban J connectivity index is 1.47. The third-order valence-electron chi connectivity index (χ3n) is 4.42. The lowest BCUT2D eigenvalue weighted by molar-refractivity contribution is -0.141. The van der Waals surface area contributed by atoms with Gasteiger partial charge in [0, 0.05) is 37.9 Å². The molecule has 0 saturated carbocycles. The number of carbonyl (C=O) groups excluding carboxylic acids is 1. The zero-order valence-electron chi connectivity index (χ0n) is 12.4. The number of hydrogen-bond acceptors (Lipinski definition) is 4. The maximum absolute atomic E-state index is 12.5. The minimum absolute atomic E-state index is 0.205. The van der Waals surface area contributed by atoms with Crippen LogP contribution in [0.4, 0.5) is 0 Å². The zero-order valence-corrected chi connectivity index (χ0v) is 12.4. The molecule has 0 unspecified atom stereocenters. The quantitative estimate of drug-likeness (QED) is 0.837. The highest BCUT2D eigenvalue weighted by molar-refractivity contribution is 5.79. The van der Waals surface area contributed by atoms with Gasteiger partial charge in [-0.25, -0.2) is 0 Å². The first-order valence-electron chi connectivity index (χ1n) is 7.81. The first-order valence-corrected chi connectivity index (χ1v) is 7.81. The van der Waals surface area contributed by atoms with E-state index in [4.69, 9.17) is 4.74 Å². The van der Waals surface area contributed by atoms with E-state index in [0.29, 0.717) is 19.1 Å². The van der Waals surface area contributed by atoms with Gasteiger partial charge >= 0.3 is 0 Å². The normalized spacial score (nSPS) is 21.4. The molecule has 0 aromatic carbocycles. The van der Waals surface area contributed by atoms with Gasteiger partial charge < -0.3 is 9.64 Å². The average Bonchev–Trinajstić information content (AvgIpc) is 2.57. The third-order valence-corrected chi connectivity index (χ3v) is 4.42. The molecule has 0 bridgehead atoms. The number of aromatic nitrogens is 1. The first-order chi connectivity index (χ1) is 10.3. The Morgan fingerprint density at radius 1 is 1.14 bits per heavy atom. The van der Waals surface area contributed by atoms with Gasteiger partial charge in [0.25, 0.3) is 0 Å². The largest absolute Gasteiger partial charge is 0.378 e. The zero-order chi connectivity index (χ0) is 14.5.